The first-order chi connectivity index (χ1) is 11.6. The number of benzene rings is 2. The number of hydrogen-bond acceptors (Lipinski definition) is 4. The highest BCUT2D eigenvalue weighted by Crippen LogP contribution is 2.32. The van der Waals surface area contributed by atoms with Crippen molar-refractivity contribution < 1.29 is 18.6 Å². The van der Waals surface area contributed by atoms with E-state index in [9.17, 15) is 18.6 Å². The van der Waals surface area contributed by atoms with Crippen molar-refractivity contribution in [3.8, 4) is 0 Å². The highest BCUT2D eigenvalue weighted by Gasteiger charge is 2.36. The molecular formula is C18H21NO4S. The minimum atomic E-state index is -3.77. The lowest BCUT2D eigenvalue weighted by Crippen LogP contribution is -2.38. The van der Waals surface area contributed by atoms with Crippen LogP contribution in [0.4, 0.5) is 0 Å². The van der Waals surface area contributed by atoms with Gasteiger partial charge in [-0.05, 0) is 24.5 Å². The Bertz CT molecular complexity index is 792. The van der Waals surface area contributed by atoms with Gasteiger partial charge in [0.25, 0.3) is 0 Å². The summed E-state index contributed by atoms with van der Waals surface area (Å²) >= 11 is 0. The van der Waals surface area contributed by atoms with E-state index < -0.39 is 22.2 Å². The SMILES string of the molecule is O=S(=O)(c1ccccc1[C@@H](O)c1ccccc1)N1CCC[C@@H]1CO. The number of aliphatic hydroxyl groups is 2. The fourth-order valence-corrected chi connectivity index (χ4v) is 5.11. The zero-order valence-electron chi connectivity index (χ0n) is 13.2. The lowest BCUT2D eigenvalue weighted by Gasteiger charge is -2.25. The van der Waals surface area contributed by atoms with E-state index in [0.717, 1.165) is 6.42 Å². The third-order valence-corrected chi connectivity index (χ3v) is 6.48. The average Bonchev–Trinajstić information content (AvgIpc) is 3.11. The lowest BCUT2D eigenvalue weighted by atomic mass is 10.0. The van der Waals surface area contributed by atoms with Gasteiger partial charge in [-0.3, -0.25) is 0 Å². The summed E-state index contributed by atoms with van der Waals surface area (Å²) < 4.78 is 27.5. The van der Waals surface area contributed by atoms with Crippen LogP contribution in [0.25, 0.3) is 0 Å². The van der Waals surface area contributed by atoms with Crippen molar-refractivity contribution in [2.24, 2.45) is 0 Å². The van der Waals surface area contributed by atoms with Crippen molar-refractivity contribution in [3.63, 3.8) is 0 Å². The number of sulfonamides is 1. The van der Waals surface area contributed by atoms with Crippen LogP contribution in [0, 0.1) is 0 Å². The van der Waals surface area contributed by atoms with E-state index >= 15 is 0 Å². The highest BCUT2D eigenvalue weighted by atomic mass is 32.2. The third-order valence-electron chi connectivity index (χ3n) is 4.45. The Kier molecular flexibility index (Phi) is 5.01. The molecule has 2 aromatic rings. The second-order valence-electron chi connectivity index (χ2n) is 5.95. The van der Waals surface area contributed by atoms with Crippen molar-refractivity contribution in [1.82, 2.24) is 4.31 Å². The van der Waals surface area contributed by atoms with Gasteiger partial charge in [0.05, 0.1) is 11.5 Å². The molecule has 0 amide bonds. The first-order valence-electron chi connectivity index (χ1n) is 8.00. The van der Waals surface area contributed by atoms with Crippen LogP contribution in [0.2, 0.25) is 0 Å². The molecule has 1 saturated heterocycles. The number of hydrogen-bond donors (Lipinski definition) is 2. The summed E-state index contributed by atoms with van der Waals surface area (Å²) in [5.41, 5.74) is 0.993. The van der Waals surface area contributed by atoms with E-state index in [4.69, 9.17) is 0 Å². The first kappa shape index (κ1) is 17.1. The molecule has 5 nitrogen and oxygen atoms in total. The fraction of sp³-hybridized carbons (Fsp3) is 0.333. The van der Waals surface area contributed by atoms with Crippen LogP contribution in [-0.4, -0.2) is 42.1 Å². The molecule has 1 aliphatic rings. The Hall–Kier alpha value is -1.73. The summed E-state index contributed by atoms with van der Waals surface area (Å²) in [5.74, 6) is 0. The predicted octanol–water partition coefficient (Wildman–Crippen LogP) is 1.91. The largest absolute Gasteiger partial charge is 0.395 e. The summed E-state index contributed by atoms with van der Waals surface area (Å²) in [7, 11) is -3.77. The van der Waals surface area contributed by atoms with Crippen LogP contribution < -0.4 is 0 Å². The second-order valence-corrected chi connectivity index (χ2v) is 7.80. The van der Waals surface area contributed by atoms with Crippen molar-refractivity contribution >= 4 is 10.0 Å². The monoisotopic (exact) mass is 347 g/mol. The Balaban J connectivity index is 2.03. The molecule has 0 aliphatic carbocycles. The summed E-state index contributed by atoms with van der Waals surface area (Å²) in [5, 5.41) is 20.1. The van der Waals surface area contributed by atoms with Gasteiger partial charge < -0.3 is 10.2 Å². The van der Waals surface area contributed by atoms with Gasteiger partial charge in [-0.1, -0.05) is 48.5 Å². The fourth-order valence-electron chi connectivity index (χ4n) is 3.19. The van der Waals surface area contributed by atoms with E-state index in [1.165, 1.54) is 10.4 Å². The Morgan fingerprint density at radius 3 is 2.46 bits per heavy atom. The smallest absolute Gasteiger partial charge is 0.243 e. The first-order valence-corrected chi connectivity index (χ1v) is 9.44. The Morgan fingerprint density at radius 2 is 1.75 bits per heavy atom. The van der Waals surface area contributed by atoms with Crippen molar-refractivity contribution in [1.29, 1.82) is 0 Å². The molecular weight excluding hydrogens is 326 g/mol. The molecule has 6 heteroatoms. The molecule has 1 aliphatic heterocycles. The van der Waals surface area contributed by atoms with Crippen LogP contribution in [0.5, 0.6) is 0 Å². The molecule has 24 heavy (non-hydrogen) atoms. The van der Waals surface area contributed by atoms with Crippen LogP contribution in [0.3, 0.4) is 0 Å². The predicted molar refractivity (Wildman–Crippen MR) is 90.9 cm³/mol. The zero-order valence-corrected chi connectivity index (χ0v) is 14.1. The molecule has 0 radical (unpaired) electrons. The van der Waals surface area contributed by atoms with Crippen LogP contribution >= 0.6 is 0 Å². The molecule has 3 rings (SSSR count). The normalized spacial score (nSPS) is 20.2. The van der Waals surface area contributed by atoms with Gasteiger partial charge in [0.2, 0.25) is 10.0 Å². The molecule has 0 spiro atoms. The van der Waals surface area contributed by atoms with Crippen LogP contribution in [0.1, 0.15) is 30.1 Å². The molecule has 2 atom stereocenters. The Morgan fingerprint density at radius 1 is 1.08 bits per heavy atom. The van der Waals surface area contributed by atoms with Crippen molar-refractivity contribution in [2.45, 2.75) is 29.9 Å². The van der Waals surface area contributed by atoms with Gasteiger partial charge in [0.15, 0.2) is 0 Å². The minimum Gasteiger partial charge on any atom is -0.395 e. The molecule has 2 aromatic carbocycles. The molecule has 1 heterocycles. The van der Waals surface area contributed by atoms with Crippen molar-refractivity contribution in [2.75, 3.05) is 13.2 Å². The maximum atomic E-state index is 13.1. The summed E-state index contributed by atoms with van der Waals surface area (Å²) in [6.45, 7) is 0.200. The molecule has 0 unspecified atom stereocenters. The average molecular weight is 347 g/mol. The van der Waals surface area contributed by atoms with E-state index in [1.54, 1.807) is 42.5 Å². The van der Waals surface area contributed by atoms with E-state index in [2.05, 4.69) is 0 Å². The van der Waals surface area contributed by atoms with E-state index in [-0.39, 0.29) is 11.5 Å². The number of nitrogens with zero attached hydrogens (tertiary/aromatic N) is 1. The van der Waals surface area contributed by atoms with Gasteiger partial charge in [0, 0.05) is 18.2 Å². The number of rotatable bonds is 5. The molecule has 1 fully saturated rings. The second kappa shape index (κ2) is 7.03. The zero-order chi connectivity index (χ0) is 17.2. The van der Waals surface area contributed by atoms with Gasteiger partial charge in [0.1, 0.15) is 6.10 Å². The molecule has 0 aromatic heterocycles. The highest BCUT2D eigenvalue weighted by molar-refractivity contribution is 7.89. The molecule has 128 valence electrons. The maximum Gasteiger partial charge on any atom is 0.243 e. The van der Waals surface area contributed by atoms with E-state index in [1.807, 2.05) is 6.07 Å². The van der Waals surface area contributed by atoms with Gasteiger partial charge in [-0.2, -0.15) is 4.31 Å². The Labute approximate surface area is 142 Å². The van der Waals surface area contributed by atoms with Gasteiger partial charge in [-0.15, -0.1) is 0 Å². The third kappa shape index (κ3) is 3.10. The quantitative estimate of drug-likeness (QED) is 0.866. The van der Waals surface area contributed by atoms with Gasteiger partial charge in [-0.25, -0.2) is 8.42 Å². The van der Waals surface area contributed by atoms with Gasteiger partial charge >= 0.3 is 0 Å². The topological polar surface area (TPSA) is 77.8 Å². The van der Waals surface area contributed by atoms with Crippen LogP contribution in [-0.2, 0) is 10.0 Å². The number of aliphatic hydroxyl groups excluding tert-OH is 2. The summed E-state index contributed by atoms with van der Waals surface area (Å²) in [6.07, 6.45) is 0.361. The lowest BCUT2D eigenvalue weighted by molar-refractivity contribution is 0.210. The molecule has 2 N–H and O–H groups in total. The standard InChI is InChI=1S/C18H21NO4S/c20-13-15-9-6-12-19(15)24(22,23)17-11-5-4-10-16(17)18(21)14-7-2-1-3-8-14/h1-5,7-8,10-11,15,18,20-21H,6,9,12-13H2/t15-,18+/m1/s1. The van der Waals surface area contributed by atoms with Crippen molar-refractivity contribution in [3.05, 3.63) is 65.7 Å². The molecule has 0 bridgehead atoms. The summed E-state index contributed by atoms with van der Waals surface area (Å²) in [6, 6.07) is 15.1. The summed E-state index contributed by atoms with van der Waals surface area (Å²) in [4.78, 5) is 0.0988. The van der Waals surface area contributed by atoms with E-state index in [0.29, 0.717) is 24.1 Å². The minimum absolute atomic E-state index is 0.0988. The van der Waals surface area contributed by atoms with Crippen LogP contribution in [0.15, 0.2) is 59.5 Å². The maximum absolute atomic E-state index is 13.1. The molecule has 0 saturated carbocycles.